The van der Waals surface area contributed by atoms with Gasteiger partial charge in [0.15, 0.2) is 6.61 Å². The normalized spacial score (nSPS) is 10.5. The van der Waals surface area contributed by atoms with Gasteiger partial charge in [-0.15, -0.1) is 0 Å². The molecule has 2 rings (SSSR count). The number of ketones is 1. The fraction of sp³-hybridized carbons (Fsp3) is 0.350. The van der Waals surface area contributed by atoms with Crippen molar-refractivity contribution in [2.24, 2.45) is 0 Å². The van der Waals surface area contributed by atoms with Crippen LogP contribution in [0.1, 0.15) is 60.5 Å². The largest absolute Gasteiger partial charge is 0.462 e. The Morgan fingerprint density at radius 2 is 1.58 bits per heavy atom. The van der Waals surface area contributed by atoms with Crippen molar-refractivity contribution in [2.45, 2.75) is 34.6 Å². The van der Waals surface area contributed by atoms with Crippen molar-refractivity contribution in [1.29, 1.82) is 0 Å². The fourth-order valence-electron chi connectivity index (χ4n) is 2.82. The van der Waals surface area contributed by atoms with Gasteiger partial charge in [0.25, 0.3) is 0 Å². The highest BCUT2D eigenvalue weighted by atomic mass is 16.5. The summed E-state index contributed by atoms with van der Waals surface area (Å²) in [4.78, 5) is 40.0. The topological polar surface area (TPSA) is 85.5 Å². The number of aryl methyl sites for hydroxylation is 4. The van der Waals surface area contributed by atoms with E-state index in [9.17, 15) is 14.4 Å². The van der Waals surface area contributed by atoms with Crippen LogP contribution in [0.15, 0.2) is 18.2 Å². The summed E-state index contributed by atoms with van der Waals surface area (Å²) >= 11 is 0. The molecule has 0 unspecified atom stereocenters. The van der Waals surface area contributed by atoms with Crippen LogP contribution in [0.4, 0.5) is 0 Å². The predicted molar refractivity (Wildman–Crippen MR) is 96.8 cm³/mol. The van der Waals surface area contributed by atoms with Crippen molar-refractivity contribution in [2.75, 3.05) is 13.2 Å². The van der Waals surface area contributed by atoms with E-state index in [4.69, 9.17) is 9.47 Å². The molecule has 1 N–H and O–H groups in total. The number of carbonyl (C=O) groups is 3. The third kappa shape index (κ3) is 4.02. The molecule has 0 fully saturated rings. The van der Waals surface area contributed by atoms with E-state index in [1.165, 1.54) is 0 Å². The molecule has 1 aromatic carbocycles. The average molecular weight is 357 g/mol. The Morgan fingerprint density at radius 1 is 0.923 bits per heavy atom. The maximum absolute atomic E-state index is 12.6. The van der Waals surface area contributed by atoms with E-state index in [-0.39, 0.29) is 17.7 Å². The zero-order chi connectivity index (χ0) is 19.4. The van der Waals surface area contributed by atoms with Gasteiger partial charge in [0.2, 0.25) is 5.78 Å². The molecule has 1 heterocycles. The molecule has 6 heteroatoms. The van der Waals surface area contributed by atoms with Crippen molar-refractivity contribution in [3.8, 4) is 0 Å². The first-order chi connectivity index (χ1) is 12.3. The highest BCUT2D eigenvalue weighted by molar-refractivity contribution is 6.09. The van der Waals surface area contributed by atoms with Gasteiger partial charge in [-0.25, -0.2) is 9.59 Å². The summed E-state index contributed by atoms with van der Waals surface area (Å²) in [5.74, 6) is -1.59. The smallest absolute Gasteiger partial charge is 0.340 e. The Morgan fingerprint density at radius 3 is 2.23 bits per heavy atom. The first-order valence-corrected chi connectivity index (χ1v) is 8.40. The van der Waals surface area contributed by atoms with E-state index in [2.05, 4.69) is 4.98 Å². The van der Waals surface area contributed by atoms with Crippen LogP contribution in [0.5, 0.6) is 0 Å². The minimum absolute atomic E-state index is 0.192. The van der Waals surface area contributed by atoms with Crippen LogP contribution in [0, 0.1) is 27.7 Å². The molecule has 6 nitrogen and oxygen atoms in total. The number of ether oxygens (including phenoxy) is 2. The molecule has 0 saturated carbocycles. The Hall–Kier alpha value is -2.89. The van der Waals surface area contributed by atoms with Gasteiger partial charge in [0, 0.05) is 11.4 Å². The molecule has 0 bridgehead atoms. The number of H-pyrrole nitrogens is 1. The number of esters is 2. The molecular weight excluding hydrogens is 334 g/mol. The van der Waals surface area contributed by atoms with Gasteiger partial charge in [0.05, 0.1) is 23.3 Å². The zero-order valence-corrected chi connectivity index (χ0v) is 15.7. The van der Waals surface area contributed by atoms with Crippen molar-refractivity contribution in [3.63, 3.8) is 0 Å². The quantitative estimate of drug-likeness (QED) is 0.632. The Bertz CT molecular complexity index is 863. The lowest BCUT2D eigenvalue weighted by Gasteiger charge is -2.09. The molecule has 26 heavy (non-hydrogen) atoms. The van der Waals surface area contributed by atoms with Gasteiger partial charge in [0.1, 0.15) is 0 Å². The summed E-state index contributed by atoms with van der Waals surface area (Å²) in [6.45, 7) is 8.51. The summed E-state index contributed by atoms with van der Waals surface area (Å²) in [5, 5.41) is 0. The summed E-state index contributed by atoms with van der Waals surface area (Å²) in [5.41, 5.74) is 3.60. The lowest BCUT2D eigenvalue weighted by Crippen LogP contribution is -2.18. The number of Topliss-reactive ketones (excluding diaryl/α,β-unsaturated/α-hetero) is 1. The third-order valence-electron chi connectivity index (χ3n) is 4.08. The van der Waals surface area contributed by atoms with E-state index in [1.54, 1.807) is 33.8 Å². The zero-order valence-electron chi connectivity index (χ0n) is 15.7. The first kappa shape index (κ1) is 19.4. The minimum atomic E-state index is -0.571. The van der Waals surface area contributed by atoms with Crippen LogP contribution in [0.3, 0.4) is 0 Å². The Labute approximate surface area is 152 Å². The number of aromatic amines is 1. The molecule has 0 spiro atoms. The molecule has 0 aliphatic carbocycles. The molecule has 0 aliphatic heterocycles. The number of carbonyl (C=O) groups excluding carboxylic acids is 3. The molecule has 0 amide bonds. The van der Waals surface area contributed by atoms with E-state index in [0.717, 1.165) is 11.1 Å². The summed E-state index contributed by atoms with van der Waals surface area (Å²) in [6, 6.07) is 5.44. The van der Waals surface area contributed by atoms with Crippen LogP contribution in [0.2, 0.25) is 0 Å². The SMILES string of the molecule is CCOC(=O)c1c(C)[nH]c(C)c1C(=O)COC(=O)c1cc(C)ccc1C. The number of hydrogen-bond donors (Lipinski definition) is 1. The van der Waals surface area contributed by atoms with E-state index in [1.807, 2.05) is 19.1 Å². The van der Waals surface area contributed by atoms with Gasteiger partial charge in [-0.05, 0) is 46.2 Å². The minimum Gasteiger partial charge on any atom is -0.462 e. The van der Waals surface area contributed by atoms with Crippen molar-refractivity contribution >= 4 is 17.7 Å². The van der Waals surface area contributed by atoms with Crippen LogP contribution < -0.4 is 0 Å². The summed E-state index contributed by atoms with van der Waals surface area (Å²) < 4.78 is 10.2. The van der Waals surface area contributed by atoms with Crippen LogP contribution in [-0.4, -0.2) is 35.9 Å². The molecule has 0 aliphatic rings. The lowest BCUT2D eigenvalue weighted by atomic mass is 10.0. The molecule has 138 valence electrons. The number of rotatable bonds is 6. The van der Waals surface area contributed by atoms with Gasteiger partial charge < -0.3 is 14.5 Å². The van der Waals surface area contributed by atoms with Crippen LogP contribution in [-0.2, 0) is 9.47 Å². The Balaban J connectivity index is 2.19. The number of nitrogens with one attached hydrogen (secondary N) is 1. The van der Waals surface area contributed by atoms with Crippen molar-refractivity contribution in [1.82, 2.24) is 4.98 Å². The summed E-state index contributed by atoms with van der Waals surface area (Å²) in [7, 11) is 0. The molecule has 0 atom stereocenters. The standard InChI is InChI=1S/C20H23NO5/c1-6-25-20(24)18-14(5)21-13(4)17(18)16(22)10-26-19(23)15-9-11(2)7-8-12(15)3/h7-9,21H,6,10H2,1-5H3. The first-order valence-electron chi connectivity index (χ1n) is 8.40. The molecule has 0 radical (unpaired) electrons. The van der Waals surface area contributed by atoms with Crippen molar-refractivity contribution < 1.29 is 23.9 Å². The van der Waals surface area contributed by atoms with Gasteiger partial charge in [-0.2, -0.15) is 0 Å². The number of benzene rings is 1. The van der Waals surface area contributed by atoms with Crippen LogP contribution in [0.25, 0.3) is 0 Å². The van der Waals surface area contributed by atoms with Crippen LogP contribution >= 0.6 is 0 Å². The second-order valence-electron chi connectivity index (χ2n) is 6.16. The Kier molecular flexibility index (Phi) is 5.97. The van der Waals surface area contributed by atoms with E-state index in [0.29, 0.717) is 17.0 Å². The van der Waals surface area contributed by atoms with E-state index < -0.39 is 24.3 Å². The van der Waals surface area contributed by atoms with E-state index >= 15 is 0 Å². The molecule has 2 aromatic rings. The number of hydrogen-bond acceptors (Lipinski definition) is 5. The maximum atomic E-state index is 12.6. The maximum Gasteiger partial charge on any atom is 0.340 e. The van der Waals surface area contributed by atoms with Gasteiger partial charge >= 0.3 is 11.9 Å². The van der Waals surface area contributed by atoms with Crippen molar-refractivity contribution in [3.05, 3.63) is 57.4 Å². The molecular formula is C20H23NO5. The second-order valence-corrected chi connectivity index (χ2v) is 6.16. The third-order valence-corrected chi connectivity index (χ3v) is 4.08. The monoisotopic (exact) mass is 357 g/mol. The average Bonchev–Trinajstić information content (AvgIpc) is 2.89. The summed E-state index contributed by atoms with van der Waals surface area (Å²) in [6.07, 6.45) is 0. The lowest BCUT2D eigenvalue weighted by molar-refractivity contribution is 0.0471. The molecule has 0 saturated heterocycles. The van der Waals surface area contributed by atoms with Gasteiger partial charge in [-0.1, -0.05) is 17.7 Å². The highest BCUT2D eigenvalue weighted by Crippen LogP contribution is 2.21. The molecule has 1 aromatic heterocycles. The fourth-order valence-corrected chi connectivity index (χ4v) is 2.82. The number of aromatic nitrogens is 1. The highest BCUT2D eigenvalue weighted by Gasteiger charge is 2.26. The predicted octanol–water partition coefficient (Wildman–Crippen LogP) is 3.46. The van der Waals surface area contributed by atoms with Gasteiger partial charge in [-0.3, -0.25) is 4.79 Å². The second kappa shape index (κ2) is 7.99.